The molecule has 1 N–H and O–H groups in total. The van der Waals surface area contributed by atoms with Crippen LogP contribution >= 0.6 is 23.8 Å². The van der Waals surface area contributed by atoms with Crippen molar-refractivity contribution in [3.05, 3.63) is 76.4 Å². The van der Waals surface area contributed by atoms with Gasteiger partial charge in [0.1, 0.15) is 0 Å². The zero-order valence-electron chi connectivity index (χ0n) is 17.5. The number of nitrogens with one attached hydrogen (secondary N) is 1. The topological polar surface area (TPSA) is 90.3 Å². The molecule has 1 aromatic carbocycles. The molecule has 3 amide bonds. The SMILES string of the molecule is N#Cc1cccc(C=CCN2C(=O)C3CC=CC(NC(=O)C4=CC(Cl)=CCC4=S)C3C2=O)c1. The Morgan fingerprint density at radius 3 is 2.94 bits per heavy atom. The number of allylic oxidation sites excluding steroid dienone is 4. The van der Waals surface area contributed by atoms with Gasteiger partial charge in [-0.05, 0) is 30.2 Å². The molecule has 1 saturated heterocycles. The first-order valence-corrected chi connectivity index (χ1v) is 11.3. The summed E-state index contributed by atoms with van der Waals surface area (Å²) in [6, 6.07) is 8.52. The number of carbonyl (C=O) groups is 3. The normalized spacial score (nSPS) is 24.4. The summed E-state index contributed by atoms with van der Waals surface area (Å²) in [5, 5.41) is 12.3. The molecule has 2 aliphatic carbocycles. The Bertz CT molecular complexity index is 1210. The molecule has 33 heavy (non-hydrogen) atoms. The van der Waals surface area contributed by atoms with E-state index < -0.39 is 23.8 Å². The first-order chi connectivity index (χ1) is 15.9. The maximum atomic E-state index is 13.1. The molecule has 1 fully saturated rings. The van der Waals surface area contributed by atoms with Crippen molar-refractivity contribution < 1.29 is 14.4 Å². The van der Waals surface area contributed by atoms with E-state index >= 15 is 0 Å². The van der Waals surface area contributed by atoms with Gasteiger partial charge in [0, 0.05) is 22.9 Å². The van der Waals surface area contributed by atoms with E-state index in [1.807, 2.05) is 12.1 Å². The minimum atomic E-state index is -0.662. The van der Waals surface area contributed by atoms with Crippen molar-refractivity contribution >= 4 is 52.5 Å². The van der Waals surface area contributed by atoms with Gasteiger partial charge in [-0.15, -0.1) is 0 Å². The third-order valence-corrected chi connectivity index (χ3v) is 6.56. The summed E-state index contributed by atoms with van der Waals surface area (Å²) in [6.45, 7) is 0.123. The molecule has 0 spiro atoms. The summed E-state index contributed by atoms with van der Waals surface area (Å²) in [4.78, 5) is 40.6. The van der Waals surface area contributed by atoms with Crippen LogP contribution in [0.2, 0.25) is 0 Å². The Morgan fingerprint density at radius 1 is 1.33 bits per heavy atom. The Balaban J connectivity index is 1.47. The molecule has 6 nitrogen and oxygen atoms in total. The molecule has 0 bridgehead atoms. The maximum absolute atomic E-state index is 13.1. The van der Waals surface area contributed by atoms with Crippen molar-refractivity contribution in [2.24, 2.45) is 11.8 Å². The summed E-state index contributed by atoms with van der Waals surface area (Å²) in [7, 11) is 0. The minimum Gasteiger partial charge on any atom is -0.345 e. The molecule has 3 aliphatic rings. The molecule has 1 heterocycles. The summed E-state index contributed by atoms with van der Waals surface area (Å²) < 4.78 is 0. The highest BCUT2D eigenvalue weighted by Crippen LogP contribution is 2.35. The van der Waals surface area contributed by atoms with Gasteiger partial charge in [-0.2, -0.15) is 5.26 Å². The molecule has 0 aromatic heterocycles. The Labute approximate surface area is 201 Å². The molecule has 0 radical (unpaired) electrons. The first kappa shape index (κ1) is 22.8. The number of halogens is 1. The minimum absolute atomic E-state index is 0.123. The smallest absolute Gasteiger partial charge is 0.252 e. The van der Waals surface area contributed by atoms with Crippen LogP contribution in [-0.4, -0.2) is 40.1 Å². The third kappa shape index (κ3) is 4.72. The number of fused-ring (bicyclic) bond motifs is 1. The summed E-state index contributed by atoms with van der Waals surface area (Å²) in [5.74, 6) is -2.14. The second-order valence-electron chi connectivity index (χ2n) is 8.00. The van der Waals surface area contributed by atoms with Crippen LogP contribution in [0.5, 0.6) is 0 Å². The third-order valence-electron chi connectivity index (χ3n) is 5.91. The van der Waals surface area contributed by atoms with E-state index in [9.17, 15) is 14.4 Å². The average Bonchev–Trinajstić information content (AvgIpc) is 3.06. The van der Waals surface area contributed by atoms with Gasteiger partial charge in [-0.3, -0.25) is 19.3 Å². The van der Waals surface area contributed by atoms with Gasteiger partial charge in [-0.25, -0.2) is 0 Å². The van der Waals surface area contributed by atoms with Crippen LogP contribution in [-0.2, 0) is 14.4 Å². The average molecular weight is 478 g/mol. The molecule has 8 heteroatoms. The molecule has 0 saturated carbocycles. The van der Waals surface area contributed by atoms with E-state index in [0.29, 0.717) is 33.9 Å². The van der Waals surface area contributed by atoms with E-state index in [0.717, 1.165) is 5.56 Å². The van der Waals surface area contributed by atoms with Gasteiger partial charge in [-0.1, -0.05) is 66.3 Å². The second-order valence-corrected chi connectivity index (χ2v) is 8.93. The molecule has 3 atom stereocenters. The van der Waals surface area contributed by atoms with Gasteiger partial charge in [0.2, 0.25) is 11.8 Å². The predicted molar refractivity (Wildman–Crippen MR) is 129 cm³/mol. The summed E-state index contributed by atoms with van der Waals surface area (Å²) in [5.41, 5.74) is 1.65. The maximum Gasteiger partial charge on any atom is 0.252 e. The van der Waals surface area contributed by atoms with Gasteiger partial charge >= 0.3 is 0 Å². The molecular weight excluding hydrogens is 458 g/mol. The lowest BCUT2D eigenvalue weighted by Crippen LogP contribution is -2.46. The molecule has 3 unspecified atom stereocenters. The van der Waals surface area contributed by atoms with Gasteiger partial charge in [0.05, 0.1) is 35.1 Å². The Hall–Kier alpha value is -3.34. The number of nitriles is 1. The standard InChI is InChI=1S/C25H20ClN3O3S/c26-17-9-10-21(33)19(13-17)23(30)28-20-8-2-7-18-22(20)25(32)29(24(18)31)11-3-6-15-4-1-5-16(12-15)14-27/h1-6,8-9,12-13,18,20,22H,7,10-11H2,(H,28,30). The fourth-order valence-corrected chi connectivity index (χ4v) is 4.70. The number of imide groups is 1. The number of rotatable bonds is 5. The number of carbonyl (C=O) groups excluding carboxylic acids is 3. The lowest BCUT2D eigenvalue weighted by molar-refractivity contribution is -0.139. The van der Waals surface area contributed by atoms with Crippen LogP contribution in [0.15, 0.2) is 65.3 Å². The number of thiocarbonyl (C=S) groups is 1. The van der Waals surface area contributed by atoms with E-state index in [1.54, 1.807) is 42.5 Å². The van der Waals surface area contributed by atoms with Gasteiger partial charge in [0.25, 0.3) is 5.91 Å². The van der Waals surface area contributed by atoms with Gasteiger partial charge < -0.3 is 5.32 Å². The Kier molecular flexibility index (Phi) is 6.68. The fraction of sp³-hybridized carbons (Fsp3) is 0.240. The predicted octanol–water partition coefficient (Wildman–Crippen LogP) is 3.44. The van der Waals surface area contributed by atoms with Crippen LogP contribution in [0.4, 0.5) is 0 Å². The zero-order chi connectivity index (χ0) is 23.5. The first-order valence-electron chi connectivity index (χ1n) is 10.5. The number of likely N-dealkylation sites (tertiary alicyclic amines) is 1. The summed E-state index contributed by atoms with van der Waals surface area (Å²) in [6.07, 6.45) is 11.2. The van der Waals surface area contributed by atoms with Crippen molar-refractivity contribution in [3.63, 3.8) is 0 Å². The molecule has 166 valence electrons. The number of benzene rings is 1. The van der Waals surface area contributed by atoms with Crippen LogP contribution in [0.3, 0.4) is 0 Å². The van der Waals surface area contributed by atoms with Crippen LogP contribution in [0, 0.1) is 23.2 Å². The number of nitrogens with zero attached hydrogens (tertiary/aromatic N) is 2. The number of amides is 3. The van der Waals surface area contributed by atoms with Crippen molar-refractivity contribution in [3.8, 4) is 6.07 Å². The van der Waals surface area contributed by atoms with E-state index in [-0.39, 0.29) is 18.4 Å². The highest BCUT2D eigenvalue weighted by molar-refractivity contribution is 7.81. The second kappa shape index (κ2) is 9.65. The highest BCUT2D eigenvalue weighted by atomic mass is 35.5. The lowest BCUT2D eigenvalue weighted by atomic mass is 9.81. The van der Waals surface area contributed by atoms with Crippen molar-refractivity contribution in [2.75, 3.05) is 6.54 Å². The van der Waals surface area contributed by atoms with Crippen molar-refractivity contribution in [1.29, 1.82) is 5.26 Å². The number of hydrogen-bond acceptors (Lipinski definition) is 5. The molecule has 1 aliphatic heterocycles. The van der Waals surface area contributed by atoms with E-state index in [2.05, 4.69) is 11.4 Å². The van der Waals surface area contributed by atoms with Crippen molar-refractivity contribution in [2.45, 2.75) is 18.9 Å². The van der Waals surface area contributed by atoms with E-state index in [1.165, 1.54) is 11.0 Å². The highest BCUT2D eigenvalue weighted by Gasteiger charge is 2.51. The summed E-state index contributed by atoms with van der Waals surface area (Å²) >= 11 is 11.3. The monoisotopic (exact) mass is 477 g/mol. The van der Waals surface area contributed by atoms with Crippen molar-refractivity contribution in [1.82, 2.24) is 10.2 Å². The zero-order valence-corrected chi connectivity index (χ0v) is 19.1. The van der Waals surface area contributed by atoms with Crippen LogP contribution < -0.4 is 5.32 Å². The van der Waals surface area contributed by atoms with Crippen LogP contribution in [0.1, 0.15) is 24.0 Å². The molecule has 4 rings (SSSR count). The molecule has 1 aromatic rings. The molecular formula is C25H20ClN3O3S. The Morgan fingerprint density at radius 2 is 2.15 bits per heavy atom. The lowest BCUT2D eigenvalue weighted by Gasteiger charge is -2.27. The fourth-order valence-electron chi connectivity index (χ4n) is 4.28. The van der Waals surface area contributed by atoms with Gasteiger partial charge in [0.15, 0.2) is 0 Å². The largest absolute Gasteiger partial charge is 0.345 e. The van der Waals surface area contributed by atoms with Crippen LogP contribution in [0.25, 0.3) is 6.08 Å². The van der Waals surface area contributed by atoms with E-state index in [4.69, 9.17) is 29.1 Å². The quantitative estimate of drug-likeness (QED) is 0.398. The number of hydrogen-bond donors (Lipinski definition) is 1.